The van der Waals surface area contributed by atoms with Crippen LogP contribution in [0.25, 0.3) is 0 Å². The van der Waals surface area contributed by atoms with Crippen LogP contribution in [-0.2, 0) is 0 Å². The normalized spacial score (nSPS) is 20.0. The number of amides is 1. The average molecular weight is 399 g/mol. The van der Waals surface area contributed by atoms with Crippen molar-refractivity contribution < 1.29 is 18.3 Å². The van der Waals surface area contributed by atoms with Crippen LogP contribution < -0.4 is 10.1 Å². The van der Waals surface area contributed by atoms with E-state index in [0.29, 0.717) is 5.25 Å². The summed E-state index contributed by atoms with van der Waals surface area (Å²) in [6.07, 6.45) is 3.48. The molecule has 1 aliphatic carbocycles. The van der Waals surface area contributed by atoms with Gasteiger partial charge in [0.15, 0.2) is 11.6 Å². The van der Waals surface area contributed by atoms with Gasteiger partial charge in [0.1, 0.15) is 15.7 Å². The molecular weight excluding hydrogens is 378 g/mol. The van der Waals surface area contributed by atoms with Crippen molar-refractivity contribution in [2.75, 3.05) is 7.11 Å². The van der Waals surface area contributed by atoms with Crippen LogP contribution in [0.5, 0.6) is 5.75 Å². The monoisotopic (exact) mass is 398 g/mol. The number of rotatable bonds is 5. The number of aryl methyl sites for hydroxylation is 1. The van der Waals surface area contributed by atoms with E-state index in [9.17, 15) is 13.6 Å². The second-order valence-electron chi connectivity index (χ2n) is 6.26. The summed E-state index contributed by atoms with van der Waals surface area (Å²) in [7, 11) is 1.33. The van der Waals surface area contributed by atoms with Gasteiger partial charge in [0.05, 0.1) is 7.11 Å². The molecule has 1 fully saturated rings. The fraction of sp³-hybridized carbons (Fsp3) is 0.444. The number of halogens is 2. The maximum Gasteiger partial charge on any atom is 0.258 e. The van der Waals surface area contributed by atoms with E-state index >= 15 is 0 Å². The quantitative estimate of drug-likeness (QED) is 0.802. The fourth-order valence-electron chi connectivity index (χ4n) is 3.03. The molecule has 1 aliphatic rings. The number of hydrogen-bond donors (Lipinski definition) is 1. The Morgan fingerprint density at radius 1 is 1.31 bits per heavy atom. The second-order valence-corrected chi connectivity index (χ2v) is 8.66. The Morgan fingerprint density at radius 3 is 2.65 bits per heavy atom. The van der Waals surface area contributed by atoms with Crippen LogP contribution in [0.1, 0.15) is 41.7 Å². The van der Waals surface area contributed by atoms with Crippen LogP contribution in [0.2, 0.25) is 0 Å². The Labute approximate surface area is 159 Å². The highest BCUT2D eigenvalue weighted by Gasteiger charge is 2.27. The molecule has 0 radical (unpaired) electrons. The molecule has 1 heterocycles. The van der Waals surface area contributed by atoms with E-state index in [0.717, 1.165) is 41.8 Å². The first-order valence-corrected chi connectivity index (χ1v) is 10.2. The standard InChI is InChI=1S/C18H20F2N2O2S2/c1-10-9-25-18(21-10)26-12-5-3-11(4-6-12)22-17(23)15-14(24-2)8-7-13(19)16(15)20/h7-9,11-12H,3-6H2,1-2H3,(H,22,23). The number of ether oxygens (including phenoxy) is 1. The number of benzene rings is 1. The summed E-state index contributed by atoms with van der Waals surface area (Å²) < 4.78 is 33.6. The number of nitrogens with zero attached hydrogens (tertiary/aromatic N) is 1. The van der Waals surface area contributed by atoms with E-state index in [1.165, 1.54) is 13.2 Å². The molecule has 1 N–H and O–H groups in total. The first-order valence-electron chi connectivity index (χ1n) is 8.39. The molecule has 26 heavy (non-hydrogen) atoms. The number of carbonyl (C=O) groups excluding carboxylic acids is 1. The molecule has 8 heteroatoms. The molecule has 1 aromatic heterocycles. The third-order valence-corrected chi connectivity index (χ3v) is 6.81. The van der Waals surface area contributed by atoms with Crippen molar-refractivity contribution in [3.05, 3.63) is 40.4 Å². The average Bonchev–Trinajstić information content (AvgIpc) is 3.03. The van der Waals surface area contributed by atoms with E-state index < -0.39 is 17.5 Å². The lowest BCUT2D eigenvalue weighted by Gasteiger charge is -2.28. The summed E-state index contributed by atoms with van der Waals surface area (Å²) >= 11 is 3.43. The van der Waals surface area contributed by atoms with Gasteiger partial charge in [-0.2, -0.15) is 0 Å². The van der Waals surface area contributed by atoms with Gasteiger partial charge in [0.2, 0.25) is 0 Å². The number of nitrogens with one attached hydrogen (secondary N) is 1. The summed E-state index contributed by atoms with van der Waals surface area (Å²) in [6, 6.07) is 2.16. The molecular formula is C18H20F2N2O2S2. The lowest BCUT2D eigenvalue weighted by atomic mass is 9.94. The molecule has 3 rings (SSSR count). The van der Waals surface area contributed by atoms with Crippen molar-refractivity contribution in [3.63, 3.8) is 0 Å². The van der Waals surface area contributed by atoms with Crippen LogP contribution in [0.15, 0.2) is 21.9 Å². The van der Waals surface area contributed by atoms with E-state index in [1.807, 2.05) is 12.3 Å². The highest BCUT2D eigenvalue weighted by molar-refractivity contribution is 8.01. The predicted molar refractivity (Wildman–Crippen MR) is 99.1 cm³/mol. The van der Waals surface area contributed by atoms with Gasteiger partial charge in [0.25, 0.3) is 5.91 Å². The molecule has 1 saturated carbocycles. The van der Waals surface area contributed by atoms with Gasteiger partial charge in [-0.3, -0.25) is 4.79 Å². The molecule has 0 unspecified atom stereocenters. The lowest BCUT2D eigenvalue weighted by Crippen LogP contribution is -2.38. The predicted octanol–water partition coefficient (Wildman–Crippen LogP) is 4.57. The molecule has 140 valence electrons. The Balaban J connectivity index is 1.58. The number of aromatic nitrogens is 1. The van der Waals surface area contributed by atoms with Crippen molar-refractivity contribution in [2.24, 2.45) is 0 Å². The van der Waals surface area contributed by atoms with E-state index in [4.69, 9.17) is 4.74 Å². The SMILES string of the molecule is COc1ccc(F)c(F)c1C(=O)NC1CCC(Sc2nc(C)cs2)CC1. The molecule has 0 aliphatic heterocycles. The summed E-state index contributed by atoms with van der Waals surface area (Å²) in [5, 5.41) is 5.32. The number of methoxy groups -OCH3 is 1. The van der Waals surface area contributed by atoms with Crippen LogP contribution in [0.4, 0.5) is 8.78 Å². The first-order chi connectivity index (χ1) is 12.5. The highest BCUT2D eigenvalue weighted by atomic mass is 32.2. The molecule has 0 saturated heterocycles. The van der Waals surface area contributed by atoms with Gasteiger partial charge in [-0.1, -0.05) is 11.8 Å². The number of thiazole rings is 1. The summed E-state index contributed by atoms with van der Waals surface area (Å²) in [5.74, 6) is -2.84. The van der Waals surface area contributed by atoms with Crippen molar-refractivity contribution in [2.45, 2.75) is 48.2 Å². The van der Waals surface area contributed by atoms with Crippen LogP contribution in [0, 0.1) is 18.6 Å². The lowest BCUT2D eigenvalue weighted by molar-refractivity contribution is 0.0919. The highest BCUT2D eigenvalue weighted by Crippen LogP contribution is 2.35. The maximum absolute atomic E-state index is 14.0. The van der Waals surface area contributed by atoms with Crippen molar-refractivity contribution in [1.29, 1.82) is 0 Å². The zero-order valence-corrected chi connectivity index (χ0v) is 16.2. The summed E-state index contributed by atoms with van der Waals surface area (Å²) in [5.41, 5.74) is 0.659. The van der Waals surface area contributed by atoms with Crippen LogP contribution in [-0.4, -0.2) is 29.3 Å². The minimum atomic E-state index is -1.18. The third kappa shape index (κ3) is 4.35. The van der Waals surface area contributed by atoms with E-state index in [-0.39, 0.29) is 17.4 Å². The van der Waals surface area contributed by atoms with Crippen LogP contribution >= 0.6 is 23.1 Å². The van der Waals surface area contributed by atoms with Crippen molar-refractivity contribution >= 4 is 29.0 Å². The minimum Gasteiger partial charge on any atom is -0.496 e. The Hall–Kier alpha value is -1.67. The molecule has 0 spiro atoms. The van der Waals surface area contributed by atoms with Gasteiger partial charge < -0.3 is 10.1 Å². The molecule has 1 aromatic carbocycles. The maximum atomic E-state index is 14.0. The zero-order valence-electron chi connectivity index (χ0n) is 14.6. The second kappa shape index (κ2) is 8.35. The molecule has 1 amide bonds. The van der Waals surface area contributed by atoms with Crippen molar-refractivity contribution in [1.82, 2.24) is 10.3 Å². The smallest absolute Gasteiger partial charge is 0.258 e. The summed E-state index contributed by atoms with van der Waals surface area (Å²) in [4.78, 5) is 16.9. The molecule has 2 aromatic rings. The van der Waals surface area contributed by atoms with Gasteiger partial charge in [-0.05, 0) is 44.7 Å². The van der Waals surface area contributed by atoms with Gasteiger partial charge in [-0.25, -0.2) is 13.8 Å². The van der Waals surface area contributed by atoms with E-state index in [1.54, 1.807) is 23.1 Å². The summed E-state index contributed by atoms with van der Waals surface area (Å²) in [6.45, 7) is 1.98. The van der Waals surface area contributed by atoms with Crippen LogP contribution in [0.3, 0.4) is 0 Å². The van der Waals surface area contributed by atoms with E-state index in [2.05, 4.69) is 10.3 Å². The first kappa shape index (κ1) is 19.1. The Morgan fingerprint density at radius 2 is 2.04 bits per heavy atom. The molecule has 4 nitrogen and oxygen atoms in total. The van der Waals surface area contributed by atoms with Gasteiger partial charge in [-0.15, -0.1) is 11.3 Å². The topological polar surface area (TPSA) is 51.2 Å². The molecule has 0 bridgehead atoms. The molecule has 0 atom stereocenters. The number of carbonyl (C=O) groups is 1. The van der Waals surface area contributed by atoms with Gasteiger partial charge in [0, 0.05) is 22.4 Å². The number of hydrogen-bond acceptors (Lipinski definition) is 5. The zero-order chi connectivity index (χ0) is 18.7. The van der Waals surface area contributed by atoms with Crippen molar-refractivity contribution in [3.8, 4) is 5.75 Å². The van der Waals surface area contributed by atoms with Gasteiger partial charge >= 0.3 is 0 Å². The minimum absolute atomic E-state index is 0.0322. The fourth-order valence-corrected chi connectivity index (χ4v) is 5.31. The largest absolute Gasteiger partial charge is 0.496 e. The Kier molecular flexibility index (Phi) is 6.13. The Bertz CT molecular complexity index is 789. The third-order valence-electron chi connectivity index (χ3n) is 4.38. The number of thioether (sulfide) groups is 1.